The predicted molar refractivity (Wildman–Crippen MR) is 124 cm³/mol. The summed E-state index contributed by atoms with van der Waals surface area (Å²) in [6, 6.07) is 7.97. The van der Waals surface area contributed by atoms with Gasteiger partial charge in [-0.15, -0.1) is 0 Å². The van der Waals surface area contributed by atoms with E-state index in [1.165, 1.54) is 0 Å². The van der Waals surface area contributed by atoms with Crippen molar-refractivity contribution < 1.29 is 18.0 Å². The van der Waals surface area contributed by atoms with Crippen LogP contribution >= 0.6 is 0 Å². The molecule has 1 saturated carbocycles. The van der Waals surface area contributed by atoms with Crippen LogP contribution < -0.4 is 9.80 Å². The Morgan fingerprint density at radius 3 is 2.43 bits per heavy atom. The molecule has 10 heteroatoms. The molecule has 0 N–H and O–H groups in total. The maximum atomic E-state index is 13.5. The molecule has 7 rings (SSSR count). The summed E-state index contributed by atoms with van der Waals surface area (Å²) in [4.78, 5) is 22.9. The number of hydrogen-bond donors (Lipinski definition) is 0. The Morgan fingerprint density at radius 1 is 1.00 bits per heavy atom. The van der Waals surface area contributed by atoms with Crippen LogP contribution in [0.4, 0.5) is 24.7 Å². The number of fused-ring (bicyclic) bond motifs is 3. The number of anilines is 2. The summed E-state index contributed by atoms with van der Waals surface area (Å²) in [5.74, 6) is -2.55. The van der Waals surface area contributed by atoms with Crippen LogP contribution in [0.15, 0.2) is 42.9 Å². The van der Waals surface area contributed by atoms with Gasteiger partial charge in [-0.2, -0.15) is 5.10 Å². The Hall–Kier alpha value is -3.30. The van der Waals surface area contributed by atoms with Crippen molar-refractivity contribution in [1.82, 2.24) is 19.5 Å². The summed E-state index contributed by atoms with van der Waals surface area (Å²) in [5, 5.41) is 4.48. The first-order valence-electron chi connectivity index (χ1n) is 12.1. The van der Waals surface area contributed by atoms with Crippen LogP contribution in [0.3, 0.4) is 0 Å². The molecule has 182 valence electrons. The second-order valence-electron chi connectivity index (χ2n) is 10.3. The van der Waals surface area contributed by atoms with Gasteiger partial charge in [0, 0.05) is 49.3 Å². The highest BCUT2D eigenvalue weighted by Crippen LogP contribution is 2.41. The molecule has 0 aromatic carbocycles. The molecule has 3 aromatic heterocycles. The van der Waals surface area contributed by atoms with Crippen LogP contribution in [0.1, 0.15) is 19.3 Å². The summed E-state index contributed by atoms with van der Waals surface area (Å²) in [6.45, 7) is 0.816. The van der Waals surface area contributed by atoms with Crippen molar-refractivity contribution in [1.29, 1.82) is 0 Å². The third kappa shape index (κ3) is 3.44. The molecule has 4 fully saturated rings. The second kappa shape index (κ2) is 7.35. The molecule has 2 unspecified atom stereocenters. The Labute approximate surface area is 200 Å². The minimum Gasteiger partial charge on any atom is -0.366 e. The van der Waals surface area contributed by atoms with Gasteiger partial charge in [-0.05, 0) is 49.1 Å². The standard InChI is InChI=1S/C25H25F3N6O/c26-20-9-19(20)24(35)34-17-1-2-18(34)12-31(11-17)21-4-6-30-33-10-16(7-22(21)33)15-3-5-29-23(8-15)32-13-25(27,28)14-32/h3-8,10,17-20H,1-2,9,11-14H2/t17?,18?,19-,20-/m1/s1. The Bertz CT molecular complexity index is 1310. The molecule has 3 saturated heterocycles. The monoisotopic (exact) mass is 482 g/mol. The SMILES string of the molecule is O=C([C@@H]1C[C@H]1F)N1C2CCC1CN(c1ccnn3cc(-c4ccnc(N5CC(F)(F)C5)c4)cc13)C2. The first-order valence-corrected chi connectivity index (χ1v) is 12.1. The number of nitrogens with zero attached hydrogens (tertiary/aromatic N) is 6. The molecular formula is C25H25F3N6O. The highest BCUT2D eigenvalue weighted by molar-refractivity contribution is 5.84. The zero-order valence-electron chi connectivity index (χ0n) is 19.0. The van der Waals surface area contributed by atoms with Gasteiger partial charge in [0.1, 0.15) is 12.0 Å². The number of pyridine rings is 1. The number of hydrogen-bond acceptors (Lipinski definition) is 5. The molecule has 3 aliphatic heterocycles. The van der Waals surface area contributed by atoms with Crippen molar-refractivity contribution in [2.45, 2.75) is 43.4 Å². The third-order valence-corrected chi connectivity index (χ3v) is 7.84. The van der Waals surface area contributed by atoms with Gasteiger partial charge in [-0.3, -0.25) is 4.79 Å². The van der Waals surface area contributed by atoms with Crippen LogP contribution in [-0.2, 0) is 4.79 Å². The van der Waals surface area contributed by atoms with Crippen LogP contribution in [0.25, 0.3) is 16.6 Å². The van der Waals surface area contributed by atoms with Crippen molar-refractivity contribution in [3.05, 3.63) is 42.9 Å². The summed E-state index contributed by atoms with van der Waals surface area (Å²) < 4.78 is 42.0. The fourth-order valence-corrected chi connectivity index (χ4v) is 5.94. The van der Waals surface area contributed by atoms with E-state index in [0.717, 1.165) is 35.2 Å². The first-order chi connectivity index (χ1) is 16.9. The number of carbonyl (C=O) groups is 1. The van der Waals surface area contributed by atoms with Crippen molar-refractivity contribution in [2.75, 3.05) is 36.0 Å². The van der Waals surface area contributed by atoms with Crippen molar-refractivity contribution in [3.63, 3.8) is 0 Å². The van der Waals surface area contributed by atoms with Crippen molar-refractivity contribution in [3.8, 4) is 11.1 Å². The van der Waals surface area contributed by atoms with Gasteiger partial charge in [0.05, 0.1) is 30.2 Å². The fraction of sp³-hybridized carbons (Fsp3) is 0.480. The van der Waals surface area contributed by atoms with Gasteiger partial charge in [-0.25, -0.2) is 22.7 Å². The molecule has 3 aromatic rings. The number of halogens is 3. The van der Waals surface area contributed by atoms with E-state index in [2.05, 4.69) is 21.0 Å². The maximum Gasteiger partial charge on any atom is 0.282 e. The smallest absolute Gasteiger partial charge is 0.282 e. The van der Waals surface area contributed by atoms with Gasteiger partial charge in [0.15, 0.2) is 0 Å². The molecule has 0 radical (unpaired) electrons. The van der Waals surface area contributed by atoms with E-state index < -0.39 is 18.0 Å². The van der Waals surface area contributed by atoms with Gasteiger partial charge in [0.25, 0.3) is 5.92 Å². The topological polar surface area (TPSA) is 57.0 Å². The first kappa shape index (κ1) is 21.0. The Balaban J connectivity index is 1.16. The lowest BCUT2D eigenvalue weighted by molar-refractivity contribution is -0.136. The van der Waals surface area contributed by atoms with Crippen LogP contribution in [0.5, 0.6) is 0 Å². The van der Waals surface area contributed by atoms with Gasteiger partial charge >= 0.3 is 0 Å². The van der Waals surface area contributed by atoms with Crippen LogP contribution in [0.2, 0.25) is 0 Å². The number of carbonyl (C=O) groups excluding carboxylic acids is 1. The lowest BCUT2D eigenvalue weighted by Gasteiger charge is -2.42. The number of amides is 1. The number of rotatable bonds is 4. The van der Waals surface area contributed by atoms with E-state index in [0.29, 0.717) is 25.3 Å². The molecule has 6 heterocycles. The quantitative estimate of drug-likeness (QED) is 0.571. The molecule has 4 atom stereocenters. The van der Waals surface area contributed by atoms with E-state index in [4.69, 9.17) is 0 Å². The molecule has 0 spiro atoms. The van der Waals surface area contributed by atoms with Crippen LogP contribution in [-0.4, -0.2) is 75.8 Å². The molecule has 35 heavy (non-hydrogen) atoms. The van der Waals surface area contributed by atoms with Crippen molar-refractivity contribution in [2.24, 2.45) is 5.92 Å². The summed E-state index contributed by atoms with van der Waals surface area (Å²) in [7, 11) is 0. The lowest BCUT2D eigenvalue weighted by Crippen LogP contribution is -2.56. The zero-order chi connectivity index (χ0) is 23.9. The normalized spacial score (nSPS) is 28.9. The Kier molecular flexibility index (Phi) is 4.41. The van der Waals surface area contributed by atoms with E-state index >= 15 is 0 Å². The van der Waals surface area contributed by atoms with Gasteiger partial charge in [-0.1, -0.05) is 0 Å². The number of aromatic nitrogens is 3. The van der Waals surface area contributed by atoms with Crippen LogP contribution in [0, 0.1) is 5.92 Å². The molecule has 2 bridgehead atoms. The zero-order valence-corrected chi connectivity index (χ0v) is 19.0. The summed E-state index contributed by atoms with van der Waals surface area (Å²) in [5.41, 5.74) is 3.81. The minimum absolute atomic E-state index is 0.0112. The number of alkyl halides is 3. The summed E-state index contributed by atoms with van der Waals surface area (Å²) in [6.07, 6.45) is 6.64. The fourth-order valence-electron chi connectivity index (χ4n) is 5.94. The highest BCUT2D eigenvalue weighted by Gasteiger charge is 2.51. The summed E-state index contributed by atoms with van der Waals surface area (Å²) >= 11 is 0. The molecule has 4 aliphatic rings. The average molecular weight is 483 g/mol. The van der Waals surface area contributed by atoms with E-state index in [1.807, 2.05) is 33.8 Å². The van der Waals surface area contributed by atoms with E-state index in [-0.39, 0.29) is 31.1 Å². The van der Waals surface area contributed by atoms with E-state index in [9.17, 15) is 18.0 Å². The number of piperazine rings is 1. The lowest BCUT2D eigenvalue weighted by atomic mass is 10.1. The second-order valence-corrected chi connectivity index (χ2v) is 10.3. The molecule has 1 aliphatic carbocycles. The predicted octanol–water partition coefficient (Wildman–Crippen LogP) is 3.39. The minimum atomic E-state index is -2.65. The largest absolute Gasteiger partial charge is 0.366 e. The van der Waals surface area contributed by atoms with Gasteiger partial charge < -0.3 is 14.7 Å². The maximum absolute atomic E-state index is 13.5. The molecular weight excluding hydrogens is 457 g/mol. The van der Waals surface area contributed by atoms with Crippen molar-refractivity contribution >= 4 is 22.9 Å². The van der Waals surface area contributed by atoms with E-state index in [1.54, 1.807) is 17.3 Å². The third-order valence-electron chi connectivity index (χ3n) is 7.84. The average Bonchev–Trinajstić information content (AvgIpc) is 3.29. The van der Waals surface area contributed by atoms with Gasteiger partial charge in [0.2, 0.25) is 5.91 Å². The Morgan fingerprint density at radius 2 is 1.74 bits per heavy atom. The molecule has 1 amide bonds. The molecule has 7 nitrogen and oxygen atoms in total. The highest BCUT2D eigenvalue weighted by atomic mass is 19.3.